The second-order valence-electron chi connectivity index (χ2n) is 4.52. The van der Waals surface area contributed by atoms with E-state index in [2.05, 4.69) is 17.1 Å². The molecule has 4 nitrogen and oxygen atoms in total. The summed E-state index contributed by atoms with van der Waals surface area (Å²) in [5.41, 5.74) is 0. The van der Waals surface area contributed by atoms with Crippen molar-refractivity contribution in [2.75, 3.05) is 32.8 Å². The summed E-state index contributed by atoms with van der Waals surface area (Å²) in [6.07, 6.45) is 1.24. The van der Waals surface area contributed by atoms with E-state index in [-0.39, 0.29) is 12.0 Å². The number of hydrogen-bond acceptors (Lipinski definition) is 4. The lowest BCUT2D eigenvalue weighted by Crippen LogP contribution is -2.46. The second-order valence-corrected chi connectivity index (χ2v) is 4.52. The van der Waals surface area contributed by atoms with Gasteiger partial charge in [0, 0.05) is 13.1 Å². The number of nitrogens with one attached hydrogen (secondary N) is 1. The minimum Gasteiger partial charge on any atom is -0.465 e. The molecular formula is C12H24N2O2. The molecule has 0 spiro atoms. The molecule has 4 heteroatoms. The van der Waals surface area contributed by atoms with Crippen LogP contribution in [0.1, 0.15) is 27.2 Å². The van der Waals surface area contributed by atoms with E-state index in [1.165, 1.54) is 6.42 Å². The average molecular weight is 228 g/mol. The van der Waals surface area contributed by atoms with Gasteiger partial charge in [-0.1, -0.05) is 13.8 Å². The molecule has 2 unspecified atom stereocenters. The summed E-state index contributed by atoms with van der Waals surface area (Å²) in [6.45, 7) is 10.3. The molecule has 1 heterocycles. The summed E-state index contributed by atoms with van der Waals surface area (Å²) in [6, 6.07) is -0.171. The zero-order chi connectivity index (χ0) is 12.0. The first-order valence-electron chi connectivity index (χ1n) is 6.29. The molecule has 1 rings (SSSR count). The van der Waals surface area contributed by atoms with Gasteiger partial charge in [0.1, 0.15) is 6.04 Å². The third-order valence-electron chi connectivity index (χ3n) is 2.97. The molecular weight excluding hydrogens is 204 g/mol. The van der Waals surface area contributed by atoms with Crippen LogP contribution in [0, 0.1) is 5.92 Å². The maximum atomic E-state index is 11.7. The van der Waals surface area contributed by atoms with E-state index in [0.717, 1.165) is 32.1 Å². The van der Waals surface area contributed by atoms with Crippen LogP contribution in [0.4, 0.5) is 0 Å². The lowest BCUT2D eigenvalue weighted by molar-refractivity contribution is -0.146. The van der Waals surface area contributed by atoms with E-state index in [1.54, 1.807) is 0 Å². The van der Waals surface area contributed by atoms with Gasteiger partial charge in [0.05, 0.1) is 6.61 Å². The molecule has 0 aromatic rings. The molecule has 0 aromatic carbocycles. The van der Waals surface area contributed by atoms with E-state index in [9.17, 15) is 4.79 Å². The maximum absolute atomic E-state index is 11.7. The molecule has 0 aromatic heterocycles. The van der Waals surface area contributed by atoms with Crippen LogP contribution in [0.3, 0.4) is 0 Å². The fourth-order valence-corrected chi connectivity index (χ4v) is 2.16. The van der Waals surface area contributed by atoms with E-state index in [0.29, 0.717) is 6.61 Å². The van der Waals surface area contributed by atoms with E-state index in [1.807, 2.05) is 13.8 Å². The predicted molar refractivity (Wildman–Crippen MR) is 64.3 cm³/mol. The van der Waals surface area contributed by atoms with Crippen molar-refractivity contribution in [2.24, 2.45) is 5.92 Å². The standard InChI is InChI=1S/C12H24N2O2/c1-4-13-11(12(15)16-5-2)9-14-7-6-10(3)8-14/h10-11,13H,4-9H2,1-3H3. The Morgan fingerprint density at radius 3 is 2.81 bits per heavy atom. The summed E-state index contributed by atoms with van der Waals surface area (Å²) >= 11 is 0. The number of carbonyl (C=O) groups excluding carboxylic acids is 1. The molecule has 0 bridgehead atoms. The summed E-state index contributed by atoms with van der Waals surface area (Å²) < 4.78 is 5.07. The Bertz CT molecular complexity index is 221. The SMILES string of the molecule is CCNC(CN1CCC(C)C1)C(=O)OCC. The molecule has 1 aliphatic heterocycles. The Morgan fingerprint density at radius 1 is 1.56 bits per heavy atom. The highest BCUT2D eigenvalue weighted by atomic mass is 16.5. The van der Waals surface area contributed by atoms with E-state index >= 15 is 0 Å². The molecule has 16 heavy (non-hydrogen) atoms. The van der Waals surface area contributed by atoms with Crippen molar-refractivity contribution < 1.29 is 9.53 Å². The Hall–Kier alpha value is -0.610. The van der Waals surface area contributed by atoms with Gasteiger partial charge in [-0.15, -0.1) is 0 Å². The lowest BCUT2D eigenvalue weighted by Gasteiger charge is -2.22. The van der Waals surface area contributed by atoms with E-state index < -0.39 is 0 Å². The molecule has 1 saturated heterocycles. The van der Waals surface area contributed by atoms with Crippen LogP contribution in [-0.4, -0.2) is 49.7 Å². The number of carbonyl (C=O) groups is 1. The Kier molecular flexibility index (Phi) is 5.77. The van der Waals surface area contributed by atoms with Crippen molar-refractivity contribution in [1.82, 2.24) is 10.2 Å². The monoisotopic (exact) mass is 228 g/mol. The van der Waals surface area contributed by atoms with Gasteiger partial charge in [-0.2, -0.15) is 0 Å². The number of esters is 1. The highest BCUT2D eigenvalue weighted by Crippen LogP contribution is 2.15. The van der Waals surface area contributed by atoms with Crippen LogP contribution in [-0.2, 0) is 9.53 Å². The zero-order valence-corrected chi connectivity index (χ0v) is 10.7. The first-order valence-corrected chi connectivity index (χ1v) is 6.29. The van der Waals surface area contributed by atoms with Crippen molar-refractivity contribution in [3.05, 3.63) is 0 Å². The molecule has 0 radical (unpaired) electrons. The minimum atomic E-state index is -0.171. The summed E-state index contributed by atoms with van der Waals surface area (Å²) in [4.78, 5) is 14.0. The summed E-state index contributed by atoms with van der Waals surface area (Å²) in [5, 5.41) is 3.19. The number of likely N-dealkylation sites (N-methyl/N-ethyl adjacent to an activating group) is 1. The molecule has 1 N–H and O–H groups in total. The lowest BCUT2D eigenvalue weighted by atomic mass is 10.2. The third-order valence-corrected chi connectivity index (χ3v) is 2.97. The predicted octanol–water partition coefficient (Wildman–Crippen LogP) is 0.869. The number of nitrogens with zero attached hydrogens (tertiary/aromatic N) is 1. The van der Waals surface area contributed by atoms with Gasteiger partial charge in [-0.3, -0.25) is 4.79 Å². The van der Waals surface area contributed by atoms with Gasteiger partial charge in [0.25, 0.3) is 0 Å². The van der Waals surface area contributed by atoms with Crippen LogP contribution in [0.2, 0.25) is 0 Å². The first-order chi connectivity index (χ1) is 7.67. The van der Waals surface area contributed by atoms with Gasteiger partial charge >= 0.3 is 5.97 Å². The van der Waals surface area contributed by atoms with E-state index in [4.69, 9.17) is 4.74 Å². The van der Waals surface area contributed by atoms with Crippen LogP contribution < -0.4 is 5.32 Å². The van der Waals surface area contributed by atoms with Gasteiger partial charge in [0.15, 0.2) is 0 Å². The topological polar surface area (TPSA) is 41.6 Å². The fourth-order valence-electron chi connectivity index (χ4n) is 2.16. The summed E-state index contributed by atoms with van der Waals surface area (Å²) in [5.74, 6) is 0.633. The maximum Gasteiger partial charge on any atom is 0.324 e. The highest BCUT2D eigenvalue weighted by molar-refractivity contribution is 5.76. The smallest absolute Gasteiger partial charge is 0.324 e. The van der Waals surface area contributed by atoms with Gasteiger partial charge in [-0.25, -0.2) is 0 Å². The largest absolute Gasteiger partial charge is 0.465 e. The van der Waals surface area contributed by atoms with Gasteiger partial charge in [-0.05, 0) is 32.4 Å². The second kappa shape index (κ2) is 6.86. The molecule has 0 amide bonds. The van der Waals surface area contributed by atoms with Crippen molar-refractivity contribution in [1.29, 1.82) is 0 Å². The third kappa shape index (κ3) is 4.10. The van der Waals surface area contributed by atoms with Crippen molar-refractivity contribution >= 4 is 5.97 Å². The molecule has 0 aliphatic carbocycles. The zero-order valence-electron chi connectivity index (χ0n) is 10.7. The van der Waals surface area contributed by atoms with Crippen LogP contribution >= 0.6 is 0 Å². The molecule has 0 saturated carbocycles. The fraction of sp³-hybridized carbons (Fsp3) is 0.917. The number of likely N-dealkylation sites (tertiary alicyclic amines) is 1. The molecule has 1 aliphatic rings. The highest BCUT2D eigenvalue weighted by Gasteiger charge is 2.25. The Morgan fingerprint density at radius 2 is 2.31 bits per heavy atom. The number of hydrogen-bond donors (Lipinski definition) is 1. The molecule has 94 valence electrons. The summed E-state index contributed by atoms with van der Waals surface area (Å²) in [7, 11) is 0. The molecule has 2 atom stereocenters. The Labute approximate surface area is 98.3 Å². The van der Waals surface area contributed by atoms with Crippen molar-refractivity contribution in [2.45, 2.75) is 33.2 Å². The quantitative estimate of drug-likeness (QED) is 0.685. The van der Waals surface area contributed by atoms with Crippen molar-refractivity contribution in [3.8, 4) is 0 Å². The van der Waals surface area contributed by atoms with Crippen LogP contribution in [0.15, 0.2) is 0 Å². The average Bonchev–Trinajstić information content (AvgIpc) is 2.64. The van der Waals surface area contributed by atoms with Crippen LogP contribution in [0.25, 0.3) is 0 Å². The minimum absolute atomic E-state index is 0.121. The Balaban J connectivity index is 2.40. The first kappa shape index (κ1) is 13.5. The van der Waals surface area contributed by atoms with Crippen molar-refractivity contribution in [3.63, 3.8) is 0 Å². The number of rotatable bonds is 6. The van der Waals surface area contributed by atoms with Gasteiger partial charge in [0.2, 0.25) is 0 Å². The normalized spacial score (nSPS) is 23.3. The van der Waals surface area contributed by atoms with Crippen LogP contribution in [0.5, 0.6) is 0 Å². The van der Waals surface area contributed by atoms with Gasteiger partial charge < -0.3 is 15.0 Å². The molecule has 1 fully saturated rings. The number of ether oxygens (including phenoxy) is 1.